The lowest BCUT2D eigenvalue weighted by Gasteiger charge is -2.21. The Morgan fingerprint density at radius 2 is 0.476 bits per heavy atom. The number of carbonyl (C=O) groups is 3. The van der Waals surface area contributed by atoms with E-state index in [1.807, 2.05) is 0 Å². The zero-order valence-corrected chi connectivity index (χ0v) is 66.3. The van der Waals surface area contributed by atoms with Gasteiger partial charge in [-0.25, -0.2) is 9.13 Å². The SMILES string of the molecule is CC/C=C\C/C=C\C/C=C\C/C=C\C/C=C\C/C=C\CCCCCCCCCCCCC(=O)OCC(O)COP(=O)(O)OCC(O)COP(=O)(O)OCC(COC(=O)CCCC/C=C\C/C=C\C/C=C\C/C=C\C/C=C\C/C=C\CC)OC(=O)CCCCC/C=C\C/C=C\C/C=C\C/C=C\C/C=C\CC. The van der Waals surface area contributed by atoms with Gasteiger partial charge in [0.15, 0.2) is 6.10 Å². The first kappa shape index (κ1) is 99.1. The molecule has 0 radical (unpaired) electrons. The Morgan fingerprint density at radius 3 is 0.781 bits per heavy atom. The number of carbonyl (C=O) groups excluding carboxylic acids is 3. The number of hydrogen-bond acceptors (Lipinski definition) is 14. The fraction of sp³-hybridized carbons (Fsp3) is 0.575. The second kappa shape index (κ2) is 77.7. The Bertz CT molecular complexity index is 2740. The van der Waals surface area contributed by atoms with Gasteiger partial charge in [-0.3, -0.25) is 32.5 Å². The molecular formula is C87H138O16P2. The molecule has 0 aliphatic heterocycles. The van der Waals surface area contributed by atoms with Crippen LogP contribution in [0.15, 0.2) is 207 Å². The van der Waals surface area contributed by atoms with Crippen molar-refractivity contribution in [2.45, 2.75) is 283 Å². The predicted octanol–water partition coefficient (Wildman–Crippen LogP) is 23.3. The van der Waals surface area contributed by atoms with E-state index in [2.05, 4.69) is 227 Å². The van der Waals surface area contributed by atoms with Gasteiger partial charge in [-0.15, -0.1) is 0 Å². The van der Waals surface area contributed by atoms with Gasteiger partial charge in [0.1, 0.15) is 25.4 Å². The summed E-state index contributed by atoms with van der Waals surface area (Å²) in [7, 11) is -9.84. The van der Waals surface area contributed by atoms with Crippen LogP contribution in [0.5, 0.6) is 0 Å². The first-order valence-electron chi connectivity index (χ1n) is 39.4. The maximum absolute atomic E-state index is 13.0. The summed E-state index contributed by atoms with van der Waals surface area (Å²) in [5.41, 5.74) is 0. The van der Waals surface area contributed by atoms with E-state index >= 15 is 0 Å². The fourth-order valence-corrected chi connectivity index (χ4v) is 11.2. The Kier molecular flexibility index (Phi) is 73.4. The van der Waals surface area contributed by atoms with E-state index < -0.39 is 91.5 Å². The molecule has 5 atom stereocenters. The summed E-state index contributed by atoms with van der Waals surface area (Å²) >= 11 is 0. The molecule has 0 bridgehead atoms. The van der Waals surface area contributed by atoms with Gasteiger partial charge in [-0.05, 0) is 167 Å². The minimum Gasteiger partial charge on any atom is -0.463 e. The molecule has 105 heavy (non-hydrogen) atoms. The number of hydrogen-bond donors (Lipinski definition) is 4. The van der Waals surface area contributed by atoms with Crippen molar-refractivity contribution in [1.82, 2.24) is 0 Å². The minimum absolute atomic E-state index is 0.0465. The van der Waals surface area contributed by atoms with Crippen molar-refractivity contribution >= 4 is 33.6 Å². The van der Waals surface area contributed by atoms with Crippen LogP contribution in [0.25, 0.3) is 0 Å². The van der Waals surface area contributed by atoms with Crippen molar-refractivity contribution in [1.29, 1.82) is 0 Å². The molecule has 0 saturated carbocycles. The molecule has 0 aromatic carbocycles. The molecule has 0 saturated heterocycles. The monoisotopic (exact) mass is 1500 g/mol. The largest absolute Gasteiger partial charge is 0.472 e. The zero-order valence-electron chi connectivity index (χ0n) is 64.6. The quantitative estimate of drug-likeness (QED) is 0.0146. The van der Waals surface area contributed by atoms with Crippen LogP contribution in [-0.4, -0.2) is 95.9 Å². The van der Waals surface area contributed by atoms with Crippen LogP contribution in [0, 0.1) is 0 Å². The number of aliphatic hydroxyl groups excluding tert-OH is 2. The summed E-state index contributed by atoms with van der Waals surface area (Å²) in [4.78, 5) is 58.7. The smallest absolute Gasteiger partial charge is 0.463 e. The van der Waals surface area contributed by atoms with E-state index in [4.69, 9.17) is 32.3 Å². The molecule has 18 heteroatoms. The highest BCUT2D eigenvalue weighted by molar-refractivity contribution is 7.47. The molecule has 16 nitrogen and oxygen atoms in total. The standard InChI is InChI=1S/C87H138O16P2/c1-4-7-10-13-16-19-22-25-28-31-34-36-37-38-39-40-41-42-43-45-48-49-52-55-58-61-64-67-70-73-85(90)97-76-82(88)77-99-104(93,94)100-78-83(89)79-101-105(95,96)102-81-84(103-87(92)75-72-69-66-63-60-57-54-51-46-33-30-27-24-21-18-15-12-9-6-3)80-98-86(91)74-71-68-65-62-59-56-53-50-47-44-35-32-29-26-23-20-17-14-11-8-5-2/h7-12,16-21,25-30,34-36,38-39,41-42,44,46,50-51,53,57,59-60,62,82-84,88-89H,4-6,13-15,22-24,31-33,37,40,43,45,47-49,52,54-56,58,61,63-81H2,1-3H3,(H,93,94)(H,95,96)/b10-7-,11-8-,12-9-,19-16-,20-17-,21-18-,28-25-,29-26-,30-27-,36-34-,39-38-,42-41-,44-35-,51-46-,53-50-,60-57-,62-59-. The zero-order chi connectivity index (χ0) is 76.6. The predicted molar refractivity (Wildman–Crippen MR) is 435 cm³/mol. The van der Waals surface area contributed by atoms with E-state index in [0.717, 1.165) is 173 Å². The van der Waals surface area contributed by atoms with Crippen molar-refractivity contribution in [3.63, 3.8) is 0 Å². The molecular weight excluding hydrogens is 1360 g/mol. The fourth-order valence-electron chi connectivity index (χ4n) is 9.60. The molecule has 5 unspecified atom stereocenters. The van der Waals surface area contributed by atoms with E-state index in [9.17, 15) is 43.5 Å². The second-order valence-corrected chi connectivity index (χ2v) is 28.3. The third-order valence-electron chi connectivity index (χ3n) is 15.5. The molecule has 0 heterocycles. The number of esters is 3. The van der Waals surface area contributed by atoms with E-state index in [0.29, 0.717) is 19.3 Å². The van der Waals surface area contributed by atoms with Gasteiger partial charge in [0.25, 0.3) is 0 Å². The van der Waals surface area contributed by atoms with E-state index in [1.54, 1.807) is 0 Å². The van der Waals surface area contributed by atoms with Crippen LogP contribution in [-0.2, 0) is 55.8 Å². The van der Waals surface area contributed by atoms with Crippen molar-refractivity contribution in [3.8, 4) is 0 Å². The molecule has 4 N–H and O–H groups in total. The molecule has 0 aromatic heterocycles. The normalized spacial score (nSPS) is 15.1. The van der Waals surface area contributed by atoms with Crippen LogP contribution < -0.4 is 0 Å². The van der Waals surface area contributed by atoms with E-state index in [-0.39, 0.29) is 19.3 Å². The first-order valence-corrected chi connectivity index (χ1v) is 42.4. The average molecular weight is 1500 g/mol. The van der Waals surface area contributed by atoms with Crippen molar-refractivity contribution in [2.24, 2.45) is 0 Å². The summed E-state index contributed by atoms with van der Waals surface area (Å²) in [6.45, 7) is 2.21. The lowest BCUT2D eigenvalue weighted by Crippen LogP contribution is -2.30. The molecule has 0 fully saturated rings. The summed E-state index contributed by atoms with van der Waals surface area (Å²) < 4.78 is 61.1. The molecule has 0 spiro atoms. The van der Waals surface area contributed by atoms with Crippen molar-refractivity contribution in [3.05, 3.63) is 207 Å². The maximum atomic E-state index is 13.0. The van der Waals surface area contributed by atoms with Crippen molar-refractivity contribution in [2.75, 3.05) is 39.6 Å². The summed E-state index contributed by atoms with van der Waals surface area (Å²) in [6, 6.07) is 0. The number of ether oxygens (including phenoxy) is 3. The number of allylic oxidation sites excluding steroid dienone is 34. The molecule has 0 amide bonds. The topological polar surface area (TPSA) is 231 Å². The number of rotatable bonds is 72. The molecule has 592 valence electrons. The van der Waals surface area contributed by atoms with Crippen LogP contribution in [0.4, 0.5) is 0 Å². The lowest BCUT2D eigenvalue weighted by molar-refractivity contribution is -0.161. The third kappa shape index (κ3) is 79.0. The lowest BCUT2D eigenvalue weighted by atomic mass is 10.1. The van der Waals surface area contributed by atoms with Gasteiger partial charge in [-0.1, -0.05) is 285 Å². The number of phosphoric ester groups is 2. The number of aliphatic hydroxyl groups is 2. The van der Waals surface area contributed by atoms with Crippen LogP contribution in [0.3, 0.4) is 0 Å². The molecule has 0 aliphatic carbocycles. The van der Waals surface area contributed by atoms with Crippen LogP contribution in [0.2, 0.25) is 0 Å². The highest BCUT2D eigenvalue weighted by atomic mass is 31.2. The molecule has 0 rings (SSSR count). The Morgan fingerprint density at radius 1 is 0.267 bits per heavy atom. The highest BCUT2D eigenvalue weighted by Crippen LogP contribution is 2.45. The second-order valence-electron chi connectivity index (χ2n) is 25.4. The molecule has 0 aliphatic rings. The van der Waals surface area contributed by atoms with Crippen molar-refractivity contribution < 1.29 is 75.8 Å². The first-order chi connectivity index (χ1) is 51.2. The van der Waals surface area contributed by atoms with Crippen LogP contribution >= 0.6 is 15.6 Å². The van der Waals surface area contributed by atoms with Gasteiger partial charge in [-0.2, -0.15) is 0 Å². The van der Waals surface area contributed by atoms with Gasteiger partial charge in [0.05, 0.1) is 26.4 Å². The van der Waals surface area contributed by atoms with Gasteiger partial charge < -0.3 is 34.2 Å². The maximum Gasteiger partial charge on any atom is 0.472 e. The highest BCUT2D eigenvalue weighted by Gasteiger charge is 2.29. The Hall–Kier alpha value is -5.87. The number of unbranched alkanes of at least 4 members (excludes halogenated alkanes) is 15. The average Bonchev–Trinajstić information content (AvgIpc) is 0.911. The Balaban J connectivity index is 4.70. The summed E-state index contributed by atoms with van der Waals surface area (Å²) in [6.07, 6.45) is 103. The van der Waals surface area contributed by atoms with Gasteiger partial charge in [0, 0.05) is 19.3 Å². The minimum atomic E-state index is -4.96. The summed E-state index contributed by atoms with van der Waals surface area (Å²) in [5.74, 6) is -1.69. The van der Waals surface area contributed by atoms with Gasteiger partial charge in [0.2, 0.25) is 0 Å². The summed E-state index contributed by atoms with van der Waals surface area (Å²) in [5, 5.41) is 20.6. The van der Waals surface area contributed by atoms with E-state index in [1.165, 1.54) is 32.1 Å². The van der Waals surface area contributed by atoms with Crippen LogP contribution in [0.1, 0.15) is 265 Å². The Labute approximate surface area is 635 Å². The third-order valence-corrected chi connectivity index (χ3v) is 17.4. The number of phosphoric acid groups is 2. The molecule has 0 aromatic rings. The van der Waals surface area contributed by atoms with Gasteiger partial charge >= 0.3 is 33.6 Å².